The minimum Gasteiger partial charge on any atom is -0.310 e. The van der Waals surface area contributed by atoms with Gasteiger partial charge in [0, 0.05) is 31.6 Å². The molecule has 0 unspecified atom stereocenters. The molecule has 128 valence electrons. The van der Waals surface area contributed by atoms with Crippen LogP contribution in [0.15, 0.2) is 16.9 Å². The van der Waals surface area contributed by atoms with Crippen LogP contribution in [0.1, 0.15) is 36.0 Å². The van der Waals surface area contributed by atoms with E-state index in [2.05, 4.69) is 9.97 Å². The molecule has 0 spiro atoms. The second-order valence-corrected chi connectivity index (χ2v) is 6.02. The summed E-state index contributed by atoms with van der Waals surface area (Å²) in [6, 6.07) is 2.00. The van der Waals surface area contributed by atoms with Gasteiger partial charge in [-0.2, -0.15) is 0 Å². The maximum absolute atomic E-state index is 13.3. The van der Waals surface area contributed by atoms with Crippen LogP contribution < -0.4 is 5.56 Å². The summed E-state index contributed by atoms with van der Waals surface area (Å²) in [6.45, 7) is 3.27. The van der Waals surface area contributed by atoms with Gasteiger partial charge in [-0.15, -0.1) is 0 Å². The van der Waals surface area contributed by atoms with Crippen LogP contribution >= 0.6 is 0 Å². The molecule has 0 saturated heterocycles. The van der Waals surface area contributed by atoms with E-state index in [1.807, 2.05) is 11.8 Å². The van der Waals surface area contributed by atoms with Crippen LogP contribution in [0.5, 0.6) is 0 Å². The Morgan fingerprint density at radius 1 is 1.25 bits per heavy atom. The van der Waals surface area contributed by atoms with E-state index in [1.165, 1.54) is 0 Å². The minimum absolute atomic E-state index is 0.109. The first-order valence-electron chi connectivity index (χ1n) is 7.94. The molecule has 7 heteroatoms. The van der Waals surface area contributed by atoms with Gasteiger partial charge in [0.2, 0.25) is 0 Å². The summed E-state index contributed by atoms with van der Waals surface area (Å²) in [6.07, 6.45) is 2.09. The number of halogens is 3. The number of aromatic nitrogens is 2. The zero-order valence-corrected chi connectivity index (χ0v) is 13.3. The van der Waals surface area contributed by atoms with Crippen LogP contribution in [-0.2, 0) is 25.9 Å². The number of benzene rings is 1. The molecule has 4 nitrogen and oxygen atoms in total. The van der Waals surface area contributed by atoms with Crippen LogP contribution in [0.25, 0.3) is 0 Å². The Balaban J connectivity index is 1.81. The van der Waals surface area contributed by atoms with Crippen molar-refractivity contribution in [3.05, 3.63) is 62.6 Å². The van der Waals surface area contributed by atoms with Crippen molar-refractivity contribution in [3.8, 4) is 0 Å². The highest BCUT2D eigenvalue weighted by Crippen LogP contribution is 2.19. The predicted octanol–water partition coefficient (Wildman–Crippen LogP) is 2.70. The lowest BCUT2D eigenvalue weighted by Crippen LogP contribution is -2.35. The molecule has 3 rings (SSSR count). The van der Waals surface area contributed by atoms with Gasteiger partial charge in [0.15, 0.2) is 17.5 Å². The van der Waals surface area contributed by atoms with Crippen molar-refractivity contribution >= 4 is 0 Å². The molecule has 1 aromatic heterocycles. The van der Waals surface area contributed by atoms with E-state index in [-0.39, 0.29) is 12.1 Å². The van der Waals surface area contributed by atoms with E-state index in [0.29, 0.717) is 48.6 Å². The molecule has 1 aliphatic heterocycles. The molecule has 1 N–H and O–H groups in total. The molecule has 0 aliphatic carbocycles. The molecular weight excluding hydrogens is 319 g/mol. The molecule has 0 bridgehead atoms. The third kappa shape index (κ3) is 3.36. The number of nitrogens with one attached hydrogen (secondary N) is 1. The van der Waals surface area contributed by atoms with Crippen LogP contribution in [0.3, 0.4) is 0 Å². The SMILES string of the molecule is CCCc1nc2c(c(=O)[nH]1)CCN(Cc1cc(F)c(F)c(F)c1)C2. The maximum Gasteiger partial charge on any atom is 0.254 e. The number of aromatic amines is 1. The van der Waals surface area contributed by atoms with Gasteiger partial charge in [-0.05, 0) is 30.5 Å². The first-order valence-corrected chi connectivity index (χ1v) is 7.94. The molecule has 1 aromatic carbocycles. The number of aryl methyl sites for hydroxylation is 1. The van der Waals surface area contributed by atoms with Crippen LogP contribution in [0, 0.1) is 17.5 Å². The maximum atomic E-state index is 13.3. The summed E-state index contributed by atoms with van der Waals surface area (Å²) in [7, 11) is 0. The van der Waals surface area contributed by atoms with E-state index < -0.39 is 17.5 Å². The van der Waals surface area contributed by atoms with Crippen LogP contribution in [0.4, 0.5) is 13.2 Å². The molecule has 0 fully saturated rings. The van der Waals surface area contributed by atoms with Crippen molar-refractivity contribution in [2.24, 2.45) is 0 Å². The number of hydrogen-bond donors (Lipinski definition) is 1. The summed E-state index contributed by atoms with van der Waals surface area (Å²) in [5.41, 5.74) is 1.62. The summed E-state index contributed by atoms with van der Waals surface area (Å²) < 4.78 is 39.7. The highest BCUT2D eigenvalue weighted by molar-refractivity contribution is 5.23. The monoisotopic (exact) mass is 337 g/mol. The van der Waals surface area contributed by atoms with Gasteiger partial charge in [-0.3, -0.25) is 9.69 Å². The standard InChI is InChI=1S/C17H18F3N3O/c1-2-3-15-21-14-9-23(5-4-11(14)17(24)22-15)8-10-6-12(18)16(20)13(19)7-10/h6-7H,2-5,8-9H2,1H3,(H,21,22,24). The Kier molecular flexibility index (Phi) is 4.71. The van der Waals surface area contributed by atoms with Crippen molar-refractivity contribution in [3.63, 3.8) is 0 Å². The second-order valence-electron chi connectivity index (χ2n) is 6.02. The van der Waals surface area contributed by atoms with Crippen molar-refractivity contribution < 1.29 is 13.2 Å². The Hall–Kier alpha value is -2.15. The van der Waals surface area contributed by atoms with Crippen molar-refractivity contribution in [1.29, 1.82) is 0 Å². The number of nitrogens with zero attached hydrogens (tertiary/aromatic N) is 2. The van der Waals surface area contributed by atoms with Gasteiger partial charge >= 0.3 is 0 Å². The topological polar surface area (TPSA) is 49.0 Å². The number of fused-ring (bicyclic) bond motifs is 1. The average Bonchev–Trinajstić information content (AvgIpc) is 2.52. The van der Waals surface area contributed by atoms with Gasteiger partial charge in [0.05, 0.1) is 5.69 Å². The Morgan fingerprint density at radius 3 is 2.62 bits per heavy atom. The number of hydrogen-bond acceptors (Lipinski definition) is 3. The molecule has 0 atom stereocenters. The summed E-state index contributed by atoms with van der Waals surface area (Å²) >= 11 is 0. The van der Waals surface area contributed by atoms with Gasteiger partial charge in [-0.25, -0.2) is 18.2 Å². The fraction of sp³-hybridized carbons (Fsp3) is 0.412. The molecule has 0 radical (unpaired) electrons. The lowest BCUT2D eigenvalue weighted by Gasteiger charge is -2.27. The summed E-state index contributed by atoms with van der Waals surface area (Å²) in [4.78, 5) is 21.3. The summed E-state index contributed by atoms with van der Waals surface area (Å²) in [5.74, 6) is -3.19. The van der Waals surface area contributed by atoms with Crippen molar-refractivity contribution in [2.45, 2.75) is 39.3 Å². The largest absolute Gasteiger partial charge is 0.310 e. The van der Waals surface area contributed by atoms with Crippen molar-refractivity contribution in [2.75, 3.05) is 6.54 Å². The fourth-order valence-electron chi connectivity index (χ4n) is 2.99. The lowest BCUT2D eigenvalue weighted by atomic mass is 10.1. The molecule has 1 aliphatic rings. The summed E-state index contributed by atoms with van der Waals surface area (Å²) in [5, 5.41) is 0. The molecule has 24 heavy (non-hydrogen) atoms. The van der Waals surface area contributed by atoms with Gasteiger partial charge in [0.1, 0.15) is 5.82 Å². The van der Waals surface area contributed by atoms with Gasteiger partial charge < -0.3 is 4.98 Å². The average molecular weight is 337 g/mol. The Morgan fingerprint density at radius 2 is 1.96 bits per heavy atom. The Labute approximate surface area is 137 Å². The highest BCUT2D eigenvalue weighted by atomic mass is 19.2. The smallest absolute Gasteiger partial charge is 0.254 e. The van der Waals surface area contributed by atoms with Crippen LogP contribution in [-0.4, -0.2) is 21.4 Å². The third-order valence-electron chi connectivity index (χ3n) is 4.14. The number of rotatable bonds is 4. The molecule has 0 saturated carbocycles. The van der Waals surface area contributed by atoms with Crippen LogP contribution in [0.2, 0.25) is 0 Å². The minimum atomic E-state index is -1.46. The van der Waals surface area contributed by atoms with E-state index in [1.54, 1.807) is 0 Å². The third-order valence-corrected chi connectivity index (χ3v) is 4.14. The van der Waals surface area contributed by atoms with Crippen molar-refractivity contribution in [1.82, 2.24) is 14.9 Å². The first-order chi connectivity index (χ1) is 11.5. The molecule has 2 aromatic rings. The lowest BCUT2D eigenvalue weighted by molar-refractivity contribution is 0.239. The second kappa shape index (κ2) is 6.76. The molecule has 0 amide bonds. The molecule has 2 heterocycles. The van der Waals surface area contributed by atoms with E-state index in [9.17, 15) is 18.0 Å². The van der Waals surface area contributed by atoms with Gasteiger partial charge in [0.25, 0.3) is 5.56 Å². The molecular formula is C17H18F3N3O. The number of H-pyrrole nitrogens is 1. The van der Waals surface area contributed by atoms with E-state index >= 15 is 0 Å². The predicted molar refractivity (Wildman–Crippen MR) is 83.0 cm³/mol. The fourth-order valence-corrected chi connectivity index (χ4v) is 2.99. The zero-order valence-electron chi connectivity index (χ0n) is 13.3. The highest BCUT2D eigenvalue weighted by Gasteiger charge is 2.22. The zero-order chi connectivity index (χ0) is 17.3. The van der Waals surface area contributed by atoms with E-state index in [4.69, 9.17) is 0 Å². The Bertz CT molecular complexity index is 796. The quantitative estimate of drug-likeness (QED) is 0.873. The van der Waals surface area contributed by atoms with E-state index in [0.717, 1.165) is 18.6 Å². The normalized spacial score (nSPS) is 14.7. The van der Waals surface area contributed by atoms with Gasteiger partial charge in [-0.1, -0.05) is 6.92 Å². The first kappa shape index (κ1) is 16.7.